The Hall–Kier alpha value is -2.25. The molecule has 0 bridgehead atoms. The van der Waals surface area contributed by atoms with Crippen molar-refractivity contribution >= 4 is 40.8 Å². The van der Waals surface area contributed by atoms with Gasteiger partial charge in [-0.1, -0.05) is 62.2 Å². The van der Waals surface area contributed by atoms with Crippen LogP contribution in [0.15, 0.2) is 42.5 Å². The van der Waals surface area contributed by atoms with Gasteiger partial charge in [-0.3, -0.25) is 9.59 Å². The van der Waals surface area contributed by atoms with Crippen molar-refractivity contribution < 1.29 is 27.9 Å². The molecule has 0 saturated heterocycles. The van der Waals surface area contributed by atoms with Crippen LogP contribution in [0.4, 0.5) is 18.9 Å². The number of hydrogen-bond donors (Lipinski definition) is 2. The predicted molar refractivity (Wildman–Crippen MR) is 119 cm³/mol. The number of amides is 1. The van der Waals surface area contributed by atoms with E-state index in [1.54, 1.807) is 13.0 Å². The number of rotatable bonds is 8. The molecule has 0 aromatic heterocycles. The van der Waals surface area contributed by atoms with Crippen LogP contribution in [-0.4, -0.2) is 23.2 Å². The maximum absolute atomic E-state index is 13.5. The minimum absolute atomic E-state index is 0.124. The second-order valence-corrected chi connectivity index (χ2v) is 8.57. The molecule has 0 radical (unpaired) electrons. The maximum Gasteiger partial charge on any atom is 0.392 e. The number of carbonyl (C=O) groups is 2. The van der Waals surface area contributed by atoms with Gasteiger partial charge in [-0.25, -0.2) is 0 Å². The van der Waals surface area contributed by atoms with Gasteiger partial charge in [-0.2, -0.15) is 13.2 Å². The van der Waals surface area contributed by atoms with Gasteiger partial charge in [0, 0.05) is 5.02 Å². The van der Waals surface area contributed by atoms with E-state index in [2.05, 4.69) is 5.32 Å². The summed E-state index contributed by atoms with van der Waals surface area (Å²) in [6.07, 6.45) is -4.10. The molecular formula is C23H24Cl2F3NO3. The molecule has 0 aliphatic rings. The zero-order chi connectivity index (χ0) is 24.2. The van der Waals surface area contributed by atoms with Crippen LogP contribution in [0.2, 0.25) is 10.0 Å². The number of halogens is 5. The summed E-state index contributed by atoms with van der Waals surface area (Å²) in [4.78, 5) is 24.5. The summed E-state index contributed by atoms with van der Waals surface area (Å²) >= 11 is 12.0. The zero-order valence-corrected chi connectivity index (χ0v) is 19.2. The average molecular weight is 490 g/mol. The summed E-state index contributed by atoms with van der Waals surface area (Å²) in [5.74, 6) is -6.42. The van der Waals surface area contributed by atoms with Crippen molar-refractivity contribution in [3.8, 4) is 0 Å². The van der Waals surface area contributed by atoms with Gasteiger partial charge in [0.15, 0.2) is 0 Å². The Bertz CT molecular complexity index is 964. The number of aliphatic carboxylic acids is 1. The lowest BCUT2D eigenvalue weighted by Crippen LogP contribution is -2.34. The van der Waals surface area contributed by atoms with E-state index in [0.717, 1.165) is 6.92 Å². The quantitative estimate of drug-likeness (QED) is 0.414. The maximum atomic E-state index is 13.5. The van der Waals surface area contributed by atoms with E-state index < -0.39 is 35.8 Å². The molecule has 0 fully saturated rings. The van der Waals surface area contributed by atoms with Gasteiger partial charge < -0.3 is 10.4 Å². The van der Waals surface area contributed by atoms with Crippen molar-refractivity contribution in [2.24, 2.45) is 11.8 Å². The van der Waals surface area contributed by atoms with Crippen molar-refractivity contribution in [3.63, 3.8) is 0 Å². The van der Waals surface area contributed by atoms with Crippen LogP contribution in [0, 0.1) is 11.8 Å². The summed E-state index contributed by atoms with van der Waals surface area (Å²) < 4.78 is 40.6. The largest absolute Gasteiger partial charge is 0.481 e. The molecule has 32 heavy (non-hydrogen) atoms. The Kier molecular flexibility index (Phi) is 8.60. The van der Waals surface area contributed by atoms with E-state index >= 15 is 0 Å². The highest BCUT2D eigenvalue weighted by atomic mass is 35.5. The van der Waals surface area contributed by atoms with E-state index in [-0.39, 0.29) is 22.2 Å². The highest BCUT2D eigenvalue weighted by molar-refractivity contribution is 6.33. The normalized spacial score (nSPS) is 15.5. The van der Waals surface area contributed by atoms with Crippen molar-refractivity contribution in [1.82, 2.24) is 0 Å². The van der Waals surface area contributed by atoms with Crippen molar-refractivity contribution in [2.45, 2.75) is 45.2 Å². The standard InChI is InChI=1S/C23H24Cl2F3NO3/c1-4-17(12(2)22(31)32)15-7-10-18(25)19(11-15)29-21(30)20(13(3)23(26,27)28)14-5-8-16(24)9-6-14/h5-13,17,20H,4H2,1-3H3,(H,29,30)(H,31,32)/t12-,13+,17?,20-/m0/s1. The second kappa shape index (κ2) is 10.6. The number of nitrogens with one attached hydrogen (secondary N) is 1. The van der Waals surface area contributed by atoms with Crippen molar-refractivity contribution in [2.75, 3.05) is 5.32 Å². The number of anilines is 1. The first-order valence-corrected chi connectivity index (χ1v) is 10.8. The molecule has 0 heterocycles. The topological polar surface area (TPSA) is 66.4 Å². The van der Waals surface area contributed by atoms with E-state index in [1.165, 1.54) is 36.4 Å². The highest BCUT2D eigenvalue weighted by Crippen LogP contribution is 2.39. The van der Waals surface area contributed by atoms with E-state index in [1.807, 2.05) is 6.92 Å². The first kappa shape index (κ1) is 26.0. The fraction of sp³-hybridized carbons (Fsp3) is 0.391. The highest BCUT2D eigenvalue weighted by Gasteiger charge is 2.45. The molecule has 0 saturated carbocycles. The van der Waals surface area contributed by atoms with Crippen molar-refractivity contribution in [1.29, 1.82) is 0 Å². The average Bonchev–Trinajstić information content (AvgIpc) is 2.71. The molecular weight excluding hydrogens is 466 g/mol. The molecule has 2 N–H and O–H groups in total. The Labute approximate surface area is 194 Å². The Morgan fingerprint density at radius 3 is 2.09 bits per heavy atom. The van der Waals surface area contributed by atoms with Gasteiger partial charge in [0.25, 0.3) is 0 Å². The lowest BCUT2D eigenvalue weighted by atomic mass is 9.84. The summed E-state index contributed by atoms with van der Waals surface area (Å²) in [7, 11) is 0. The lowest BCUT2D eigenvalue weighted by Gasteiger charge is -2.26. The number of hydrogen-bond acceptors (Lipinski definition) is 2. The number of benzene rings is 2. The van der Waals surface area contributed by atoms with Gasteiger partial charge in [0.2, 0.25) is 5.91 Å². The Morgan fingerprint density at radius 1 is 1.03 bits per heavy atom. The molecule has 174 valence electrons. The van der Waals surface area contributed by atoms with Gasteiger partial charge in [0.05, 0.1) is 28.5 Å². The SMILES string of the molecule is CCC(c1ccc(Cl)c(NC(=O)[C@H](c2ccc(Cl)cc2)[C@@H](C)C(F)(F)F)c1)[C@H](C)C(=O)O. The summed E-state index contributed by atoms with van der Waals surface area (Å²) in [5.41, 5.74) is 0.905. The molecule has 2 aromatic carbocycles. The van der Waals surface area contributed by atoms with Crippen LogP contribution in [0.5, 0.6) is 0 Å². The molecule has 0 aliphatic heterocycles. The van der Waals surface area contributed by atoms with E-state index in [9.17, 15) is 27.9 Å². The summed E-state index contributed by atoms with van der Waals surface area (Å²) in [6, 6.07) is 10.3. The van der Waals surface area contributed by atoms with Crippen LogP contribution >= 0.6 is 23.2 Å². The number of carboxylic acids is 1. The van der Waals surface area contributed by atoms with Crippen LogP contribution < -0.4 is 5.32 Å². The molecule has 1 unspecified atom stereocenters. The number of carbonyl (C=O) groups excluding carboxylic acids is 1. The molecule has 1 amide bonds. The third-order valence-corrected chi connectivity index (χ3v) is 6.22. The fourth-order valence-electron chi connectivity index (χ4n) is 3.66. The molecule has 9 heteroatoms. The van der Waals surface area contributed by atoms with E-state index in [0.29, 0.717) is 17.0 Å². The fourth-order valence-corrected chi connectivity index (χ4v) is 3.95. The number of carboxylic acid groups (broad SMARTS) is 1. The minimum atomic E-state index is -4.61. The molecule has 2 rings (SSSR count). The third kappa shape index (κ3) is 6.17. The third-order valence-electron chi connectivity index (χ3n) is 5.64. The predicted octanol–water partition coefficient (Wildman–Crippen LogP) is 7.13. The van der Waals surface area contributed by atoms with Gasteiger partial charge in [-0.15, -0.1) is 0 Å². The summed E-state index contributed by atoms with van der Waals surface area (Å²) in [5, 5.41) is 12.3. The zero-order valence-electron chi connectivity index (χ0n) is 17.7. The molecule has 0 aliphatic carbocycles. The first-order valence-electron chi connectivity index (χ1n) is 10.0. The number of alkyl halides is 3. The minimum Gasteiger partial charge on any atom is -0.481 e. The molecule has 0 spiro atoms. The molecule has 4 atom stereocenters. The monoisotopic (exact) mass is 489 g/mol. The summed E-state index contributed by atoms with van der Waals surface area (Å²) in [6.45, 7) is 4.35. The molecule has 2 aromatic rings. The van der Waals surface area contributed by atoms with Gasteiger partial charge >= 0.3 is 12.1 Å². The lowest BCUT2D eigenvalue weighted by molar-refractivity contribution is -0.178. The Balaban J connectivity index is 2.42. The van der Waals surface area contributed by atoms with Gasteiger partial charge in [-0.05, 0) is 47.7 Å². The van der Waals surface area contributed by atoms with E-state index in [4.69, 9.17) is 23.2 Å². The van der Waals surface area contributed by atoms with Crippen molar-refractivity contribution in [3.05, 3.63) is 63.6 Å². The van der Waals surface area contributed by atoms with Crippen LogP contribution in [0.25, 0.3) is 0 Å². The second-order valence-electron chi connectivity index (χ2n) is 7.73. The Morgan fingerprint density at radius 2 is 1.59 bits per heavy atom. The van der Waals surface area contributed by atoms with Crippen LogP contribution in [0.1, 0.15) is 50.2 Å². The van der Waals surface area contributed by atoms with Crippen LogP contribution in [-0.2, 0) is 9.59 Å². The van der Waals surface area contributed by atoms with Crippen LogP contribution in [0.3, 0.4) is 0 Å². The van der Waals surface area contributed by atoms with Gasteiger partial charge in [0.1, 0.15) is 0 Å². The smallest absolute Gasteiger partial charge is 0.392 e. The first-order chi connectivity index (χ1) is 14.9. The molecule has 4 nitrogen and oxygen atoms in total.